The summed E-state index contributed by atoms with van der Waals surface area (Å²) in [6, 6.07) is -0.811. The molecule has 0 saturated carbocycles. The van der Waals surface area contributed by atoms with Crippen molar-refractivity contribution >= 4 is 41.7 Å². The Hall–Kier alpha value is -3.46. The molecule has 2 saturated heterocycles. The Balaban J connectivity index is 1.49. The van der Waals surface area contributed by atoms with Crippen molar-refractivity contribution in [1.82, 2.24) is 19.7 Å². The summed E-state index contributed by atoms with van der Waals surface area (Å²) in [6.45, 7) is 1.50. The fourth-order valence-corrected chi connectivity index (χ4v) is 5.89. The van der Waals surface area contributed by atoms with E-state index in [0.29, 0.717) is 11.2 Å². The largest absolute Gasteiger partial charge is 0.503 e. The lowest BCUT2D eigenvalue weighted by atomic mass is 10.0. The molecule has 0 bridgehead atoms. The molecule has 0 aromatic carbocycles. The molecule has 15 nitrogen and oxygen atoms in total. The molecule has 0 spiro atoms. The van der Waals surface area contributed by atoms with Gasteiger partial charge in [0.15, 0.2) is 23.2 Å². The predicted octanol–water partition coefficient (Wildman–Crippen LogP) is 0.0113. The molecular weight excluding hydrogens is 507 g/mol. The number of rotatable bonds is 7. The Morgan fingerprint density at radius 1 is 1.43 bits per heavy atom. The van der Waals surface area contributed by atoms with Crippen LogP contribution in [-0.4, -0.2) is 67.5 Å². The first-order valence-corrected chi connectivity index (χ1v) is 12.6. The van der Waals surface area contributed by atoms with Crippen molar-refractivity contribution in [3.8, 4) is 5.75 Å². The van der Waals surface area contributed by atoms with E-state index < -0.39 is 49.4 Å². The number of aromatic nitrogens is 2. The van der Waals surface area contributed by atoms with Crippen LogP contribution in [0.5, 0.6) is 5.75 Å². The first kappa shape index (κ1) is 24.7. The highest BCUT2D eigenvalue weighted by atomic mass is 32.1. The molecule has 0 aliphatic carbocycles. The first-order chi connectivity index (χ1) is 16.6. The Kier molecular flexibility index (Phi) is 6.80. The predicted molar refractivity (Wildman–Crippen MR) is 120 cm³/mol. The molecule has 5 N–H and O–H groups in total. The summed E-state index contributed by atoms with van der Waals surface area (Å²) in [6.07, 6.45) is 1.33. The van der Waals surface area contributed by atoms with Gasteiger partial charge in [0.2, 0.25) is 5.43 Å². The fourth-order valence-electron chi connectivity index (χ4n) is 3.35. The van der Waals surface area contributed by atoms with Crippen LogP contribution in [0.4, 0.5) is 5.13 Å². The van der Waals surface area contributed by atoms with Crippen LogP contribution in [0.2, 0.25) is 0 Å². The Labute approximate surface area is 201 Å². The van der Waals surface area contributed by atoms with Gasteiger partial charge in [-0.25, -0.2) is 14.2 Å². The summed E-state index contributed by atoms with van der Waals surface area (Å²) in [5, 5.41) is 27.0. The number of hydrogen-bond donors (Lipinski definition) is 4. The minimum absolute atomic E-state index is 0.0557. The third-order valence-electron chi connectivity index (χ3n) is 5.14. The highest BCUT2D eigenvalue weighted by Gasteiger charge is 2.56. The van der Waals surface area contributed by atoms with Crippen LogP contribution in [0, 0.1) is 0 Å². The average molecular weight is 528 g/mol. The number of carbonyl (C=O) groups excluding carboxylic acids is 2. The number of aromatic hydroxyl groups is 1. The zero-order valence-electron chi connectivity index (χ0n) is 18.2. The van der Waals surface area contributed by atoms with Gasteiger partial charge in [0, 0.05) is 11.4 Å². The average Bonchev–Trinajstić information content (AvgIpc) is 3.24. The quantitative estimate of drug-likeness (QED) is 0.124. The minimum Gasteiger partial charge on any atom is -0.503 e. The molecule has 2 fully saturated rings. The summed E-state index contributed by atoms with van der Waals surface area (Å²) in [7, 11) is -3.77. The van der Waals surface area contributed by atoms with Gasteiger partial charge in [-0.05, 0) is 13.3 Å². The second-order valence-corrected chi connectivity index (χ2v) is 10.3. The van der Waals surface area contributed by atoms with Crippen LogP contribution >= 0.6 is 19.1 Å². The molecule has 2 aliphatic rings. The van der Waals surface area contributed by atoms with Gasteiger partial charge in [0.25, 0.3) is 11.8 Å². The maximum Gasteiger partial charge on any atom is 0.437 e. The molecule has 2 atom stereocenters. The van der Waals surface area contributed by atoms with Crippen molar-refractivity contribution in [2.75, 3.05) is 18.9 Å². The SMILES string of the molecule is C[C@H]1[C@H](NC(=O)/C(=N\OCc2cc(=O)c(O)cn2O)c2csc(N)n2)C(=O)N1P1(=O)OCCCO1. The van der Waals surface area contributed by atoms with Crippen LogP contribution in [0.15, 0.2) is 27.6 Å². The van der Waals surface area contributed by atoms with Crippen LogP contribution in [0.1, 0.15) is 24.7 Å². The molecule has 0 unspecified atom stereocenters. The Bertz CT molecular complexity index is 1280. The minimum atomic E-state index is -3.77. The van der Waals surface area contributed by atoms with E-state index in [1.807, 2.05) is 0 Å². The number of oxime groups is 1. The van der Waals surface area contributed by atoms with Crippen LogP contribution in [0.25, 0.3) is 0 Å². The van der Waals surface area contributed by atoms with Gasteiger partial charge in [-0.2, -0.15) is 4.73 Å². The zero-order chi connectivity index (χ0) is 25.3. The molecule has 2 aliphatic heterocycles. The third kappa shape index (κ3) is 4.86. The van der Waals surface area contributed by atoms with Gasteiger partial charge in [0.1, 0.15) is 17.4 Å². The highest BCUT2D eigenvalue weighted by molar-refractivity contribution is 7.52. The third-order valence-corrected chi connectivity index (χ3v) is 7.93. The molecule has 17 heteroatoms. The number of hydrogen-bond acceptors (Lipinski definition) is 13. The number of thiazole rings is 1. The summed E-state index contributed by atoms with van der Waals surface area (Å²) in [5.41, 5.74) is 4.55. The molecule has 2 aromatic heterocycles. The van der Waals surface area contributed by atoms with E-state index in [2.05, 4.69) is 15.5 Å². The van der Waals surface area contributed by atoms with E-state index >= 15 is 0 Å². The molecule has 0 radical (unpaired) electrons. The number of nitrogens with two attached hydrogens (primary N) is 1. The van der Waals surface area contributed by atoms with Crippen LogP contribution < -0.4 is 16.5 Å². The van der Waals surface area contributed by atoms with E-state index in [9.17, 15) is 29.3 Å². The second kappa shape index (κ2) is 9.65. The molecule has 4 heterocycles. The number of nitrogens with one attached hydrogen (secondary N) is 1. The van der Waals surface area contributed by atoms with E-state index in [1.165, 1.54) is 5.38 Å². The normalized spacial score (nSPS) is 21.9. The van der Waals surface area contributed by atoms with E-state index in [-0.39, 0.29) is 35.4 Å². The van der Waals surface area contributed by atoms with Gasteiger partial charge in [-0.3, -0.25) is 23.4 Å². The smallest absolute Gasteiger partial charge is 0.437 e. The lowest BCUT2D eigenvalue weighted by Gasteiger charge is -2.47. The van der Waals surface area contributed by atoms with Crippen molar-refractivity contribution in [3.05, 3.63) is 39.3 Å². The lowest BCUT2D eigenvalue weighted by Crippen LogP contribution is -2.69. The number of pyridine rings is 1. The summed E-state index contributed by atoms with van der Waals surface area (Å²) < 4.78 is 24.6. The van der Waals surface area contributed by atoms with Gasteiger partial charge in [0.05, 0.1) is 25.5 Å². The number of anilines is 1. The van der Waals surface area contributed by atoms with Gasteiger partial charge >= 0.3 is 7.75 Å². The Morgan fingerprint density at radius 2 is 2.14 bits per heavy atom. The lowest BCUT2D eigenvalue weighted by molar-refractivity contribution is -0.146. The maximum absolute atomic E-state index is 13.0. The number of nitrogens with zero attached hydrogens (tertiary/aromatic N) is 4. The van der Waals surface area contributed by atoms with Crippen molar-refractivity contribution in [1.29, 1.82) is 0 Å². The number of nitrogen functional groups attached to an aromatic ring is 1. The van der Waals surface area contributed by atoms with Gasteiger partial charge in [-0.1, -0.05) is 5.16 Å². The zero-order valence-corrected chi connectivity index (χ0v) is 19.9. The molecule has 2 aromatic rings. The maximum atomic E-state index is 13.0. The van der Waals surface area contributed by atoms with Crippen molar-refractivity contribution in [2.24, 2.45) is 5.16 Å². The van der Waals surface area contributed by atoms with Gasteiger partial charge in [-0.15, -0.1) is 11.3 Å². The molecule has 4 rings (SSSR count). The topological polar surface area (TPSA) is 208 Å². The van der Waals surface area contributed by atoms with Crippen molar-refractivity contribution in [3.63, 3.8) is 0 Å². The molecule has 188 valence electrons. The van der Waals surface area contributed by atoms with E-state index in [4.69, 9.17) is 19.6 Å². The summed E-state index contributed by atoms with van der Waals surface area (Å²) in [4.78, 5) is 46.4. The van der Waals surface area contributed by atoms with E-state index in [1.54, 1.807) is 6.92 Å². The van der Waals surface area contributed by atoms with Crippen molar-refractivity contribution in [2.45, 2.75) is 32.0 Å². The second-order valence-electron chi connectivity index (χ2n) is 7.51. The fraction of sp³-hybridized carbons (Fsp3) is 0.389. The highest BCUT2D eigenvalue weighted by Crippen LogP contribution is 2.58. The summed E-state index contributed by atoms with van der Waals surface area (Å²) in [5.74, 6) is -2.16. The van der Waals surface area contributed by atoms with E-state index in [0.717, 1.165) is 28.3 Å². The molecular formula is C18H21N6O9PS. The van der Waals surface area contributed by atoms with Crippen LogP contribution in [-0.2, 0) is 34.6 Å². The monoisotopic (exact) mass is 528 g/mol. The first-order valence-electron chi connectivity index (χ1n) is 10.2. The molecule has 35 heavy (non-hydrogen) atoms. The van der Waals surface area contributed by atoms with Gasteiger partial charge < -0.3 is 26.2 Å². The number of β-lactam (4-membered cyclic amide) rings is 1. The van der Waals surface area contributed by atoms with Crippen LogP contribution in [0.3, 0.4) is 0 Å². The van der Waals surface area contributed by atoms with Crippen molar-refractivity contribution < 1.29 is 38.4 Å². The molecule has 2 amide bonds. The Morgan fingerprint density at radius 3 is 2.77 bits per heavy atom. The standard InChI is InChI=1S/C18H21N6O9PS/c1-9-14(17(28)24(9)34(30)32-3-2-4-33-34)21-16(27)15(11-8-35-18(19)20-11)22-31-7-10-5-12(25)13(26)6-23(10)29/h5-6,8-9,14,26,29H,2-4,7H2,1H3,(H2,19,20)(H,21,27)/b22-15-/t9-,14-/m0/s1. The number of amides is 2. The summed E-state index contributed by atoms with van der Waals surface area (Å²) >= 11 is 1.04. The number of carbonyl (C=O) groups is 2.